The Morgan fingerprint density at radius 2 is 2.24 bits per heavy atom. The number of nitrogens with one attached hydrogen (secondary N) is 1. The maximum Gasteiger partial charge on any atom is 0.370 e. The molecule has 17 heavy (non-hydrogen) atoms. The van der Waals surface area contributed by atoms with Gasteiger partial charge in [0.2, 0.25) is 0 Å². The minimum Gasteiger partial charge on any atom is -0.416 e. The number of benzene rings is 1. The molecular formula is C12H12N3OS+. The Kier molecular flexibility index (Phi) is 2.16. The molecule has 0 spiro atoms. The van der Waals surface area contributed by atoms with Crippen LogP contribution >= 0.6 is 12.2 Å². The third-order valence-corrected chi connectivity index (χ3v) is 3.13. The van der Waals surface area contributed by atoms with Crippen molar-refractivity contribution in [3.63, 3.8) is 0 Å². The van der Waals surface area contributed by atoms with Gasteiger partial charge in [0.1, 0.15) is 0 Å². The lowest BCUT2D eigenvalue weighted by Crippen LogP contribution is -2.31. The van der Waals surface area contributed by atoms with Gasteiger partial charge in [0.15, 0.2) is 11.1 Å². The molecule has 86 valence electrons. The predicted octanol–water partition coefficient (Wildman–Crippen LogP) is 2.41. The van der Waals surface area contributed by atoms with Crippen molar-refractivity contribution in [2.75, 3.05) is 0 Å². The molecule has 1 aromatic carbocycles. The first-order valence-electron chi connectivity index (χ1n) is 5.33. The number of oxazole rings is 1. The van der Waals surface area contributed by atoms with Crippen LogP contribution < -0.4 is 4.57 Å². The number of imidazole rings is 1. The second kappa shape index (κ2) is 3.56. The first-order chi connectivity index (χ1) is 8.18. The molecule has 0 aliphatic rings. The van der Waals surface area contributed by atoms with E-state index in [9.17, 15) is 0 Å². The summed E-state index contributed by atoms with van der Waals surface area (Å²) in [6.45, 7) is 2.05. The van der Waals surface area contributed by atoms with Crippen LogP contribution in [0.3, 0.4) is 0 Å². The van der Waals surface area contributed by atoms with E-state index in [1.807, 2.05) is 53.7 Å². The number of nitrogens with zero attached hydrogens (tertiary/aromatic N) is 2. The number of rotatable bonds is 1. The number of H-pyrrole nitrogens is 1. The van der Waals surface area contributed by atoms with Crippen LogP contribution in [-0.2, 0) is 7.05 Å². The largest absolute Gasteiger partial charge is 0.416 e. The summed E-state index contributed by atoms with van der Waals surface area (Å²) in [7, 11) is 1.96. The SMILES string of the molecule is Cc1cccc2oc(=S)n(-c3[nH]cc[n+]3C)c12. The Morgan fingerprint density at radius 3 is 2.94 bits per heavy atom. The number of aromatic nitrogens is 3. The Morgan fingerprint density at radius 1 is 1.41 bits per heavy atom. The molecule has 0 unspecified atom stereocenters. The fourth-order valence-electron chi connectivity index (χ4n) is 2.04. The Hall–Kier alpha value is -1.88. The normalized spacial score (nSPS) is 11.2. The van der Waals surface area contributed by atoms with Gasteiger partial charge in [-0.15, -0.1) is 0 Å². The zero-order chi connectivity index (χ0) is 12.0. The van der Waals surface area contributed by atoms with E-state index in [1.54, 1.807) is 0 Å². The average Bonchev–Trinajstić information content (AvgIpc) is 2.82. The number of aromatic amines is 1. The van der Waals surface area contributed by atoms with Crippen molar-refractivity contribution < 1.29 is 8.98 Å². The van der Waals surface area contributed by atoms with Crippen molar-refractivity contribution in [3.8, 4) is 5.95 Å². The van der Waals surface area contributed by atoms with Gasteiger partial charge in [0.05, 0.1) is 19.4 Å². The molecule has 2 heterocycles. The van der Waals surface area contributed by atoms with Crippen LogP contribution in [0.25, 0.3) is 17.0 Å². The van der Waals surface area contributed by atoms with Crippen molar-refractivity contribution in [1.82, 2.24) is 9.55 Å². The quantitative estimate of drug-likeness (QED) is 0.529. The van der Waals surface area contributed by atoms with Gasteiger partial charge in [0, 0.05) is 12.2 Å². The number of hydrogen-bond donors (Lipinski definition) is 1. The monoisotopic (exact) mass is 246 g/mol. The summed E-state index contributed by atoms with van der Waals surface area (Å²) >= 11 is 5.28. The number of fused-ring (bicyclic) bond motifs is 1. The van der Waals surface area contributed by atoms with Crippen LogP contribution in [0.2, 0.25) is 0 Å². The molecule has 3 aromatic rings. The second-order valence-corrected chi connectivity index (χ2v) is 4.37. The molecule has 2 aromatic heterocycles. The molecule has 1 N–H and O–H groups in total. The van der Waals surface area contributed by atoms with Gasteiger partial charge in [0.25, 0.3) is 0 Å². The minimum atomic E-state index is 0.451. The second-order valence-electron chi connectivity index (χ2n) is 4.02. The number of aryl methyl sites for hydroxylation is 2. The van der Waals surface area contributed by atoms with Crippen molar-refractivity contribution in [3.05, 3.63) is 41.0 Å². The minimum absolute atomic E-state index is 0.451. The molecule has 0 aliphatic heterocycles. The van der Waals surface area contributed by atoms with E-state index in [0.717, 1.165) is 22.6 Å². The van der Waals surface area contributed by atoms with Crippen molar-refractivity contribution in [1.29, 1.82) is 0 Å². The number of hydrogen-bond acceptors (Lipinski definition) is 2. The van der Waals surface area contributed by atoms with Gasteiger partial charge in [-0.2, -0.15) is 4.57 Å². The molecule has 0 atom stereocenters. The fourth-order valence-corrected chi connectivity index (χ4v) is 2.31. The Labute approximate surface area is 103 Å². The highest BCUT2D eigenvalue weighted by molar-refractivity contribution is 7.71. The first kappa shape index (κ1) is 10.3. The Balaban J connectivity index is 2.48. The molecule has 0 saturated carbocycles. The highest BCUT2D eigenvalue weighted by atomic mass is 32.1. The van der Waals surface area contributed by atoms with Crippen LogP contribution in [0.1, 0.15) is 5.56 Å². The van der Waals surface area contributed by atoms with E-state index in [0.29, 0.717) is 4.84 Å². The lowest BCUT2D eigenvalue weighted by molar-refractivity contribution is -0.664. The van der Waals surface area contributed by atoms with E-state index in [1.165, 1.54) is 0 Å². The van der Waals surface area contributed by atoms with Crippen molar-refractivity contribution in [2.45, 2.75) is 6.92 Å². The standard InChI is InChI=1S/C12H11N3OS/c1-8-4-3-5-9-10(8)15(12(17)16-9)11-13-6-7-14(11)2/h3-7H,1-2H3/p+1. The zero-order valence-corrected chi connectivity index (χ0v) is 10.4. The lowest BCUT2D eigenvalue weighted by Gasteiger charge is -1.97. The maximum absolute atomic E-state index is 5.60. The molecule has 5 heteroatoms. The molecular weight excluding hydrogens is 234 g/mol. The topological polar surface area (TPSA) is 37.7 Å². The molecule has 3 rings (SSSR count). The van der Waals surface area contributed by atoms with Crippen LogP contribution in [0.15, 0.2) is 35.0 Å². The van der Waals surface area contributed by atoms with Gasteiger partial charge >= 0.3 is 10.8 Å². The van der Waals surface area contributed by atoms with Crippen LogP contribution in [-0.4, -0.2) is 9.55 Å². The smallest absolute Gasteiger partial charge is 0.370 e. The van der Waals surface area contributed by atoms with Crippen LogP contribution in [0, 0.1) is 11.8 Å². The summed E-state index contributed by atoms with van der Waals surface area (Å²) in [5, 5.41) is 0. The van der Waals surface area contributed by atoms with Gasteiger partial charge in [-0.1, -0.05) is 12.1 Å². The lowest BCUT2D eigenvalue weighted by atomic mass is 10.2. The summed E-state index contributed by atoms with van der Waals surface area (Å²) in [4.78, 5) is 3.62. The third kappa shape index (κ3) is 1.43. The van der Waals surface area contributed by atoms with Crippen molar-refractivity contribution >= 4 is 23.3 Å². The van der Waals surface area contributed by atoms with Crippen LogP contribution in [0.5, 0.6) is 0 Å². The molecule has 0 bridgehead atoms. The molecule has 4 nitrogen and oxygen atoms in total. The Bertz CT molecular complexity index is 751. The number of para-hydroxylation sites is 1. The van der Waals surface area contributed by atoms with E-state index in [-0.39, 0.29) is 0 Å². The molecule has 0 saturated heterocycles. The first-order valence-corrected chi connectivity index (χ1v) is 5.74. The average molecular weight is 246 g/mol. The molecule has 0 amide bonds. The summed E-state index contributed by atoms with van der Waals surface area (Å²) < 4.78 is 9.49. The molecule has 0 radical (unpaired) electrons. The summed E-state index contributed by atoms with van der Waals surface area (Å²) in [6, 6.07) is 5.94. The summed E-state index contributed by atoms with van der Waals surface area (Å²) in [5.74, 6) is 0.892. The fraction of sp³-hybridized carbons (Fsp3) is 0.167. The summed E-state index contributed by atoms with van der Waals surface area (Å²) in [5.41, 5.74) is 2.96. The van der Waals surface area contributed by atoms with E-state index < -0.39 is 0 Å². The van der Waals surface area contributed by atoms with E-state index in [4.69, 9.17) is 16.6 Å². The zero-order valence-electron chi connectivity index (χ0n) is 9.60. The van der Waals surface area contributed by atoms with Crippen LogP contribution in [0.4, 0.5) is 0 Å². The van der Waals surface area contributed by atoms with Gasteiger partial charge < -0.3 is 4.42 Å². The van der Waals surface area contributed by atoms with E-state index in [2.05, 4.69) is 4.98 Å². The molecule has 0 aliphatic carbocycles. The van der Waals surface area contributed by atoms with Crippen molar-refractivity contribution in [2.24, 2.45) is 7.05 Å². The van der Waals surface area contributed by atoms with Gasteiger partial charge in [-0.3, -0.25) is 0 Å². The maximum atomic E-state index is 5.60. The van der Waals surface area contributed by atoms with Gasteiger partial charge in [-0.25, -0.2) is 9.55 Å². The summed E-state index contributed by atoms with van der Waals surface area (Å²) in [6.07, 6.45) is 3.81. The van der Waals surface area contributed by atoms with Gasteiger partial charge in [-0.05, 0) is 18.6 Å². The molecule has 0 fully saturated rings. The third-order valence-electron chi connectivity index (χ3n) is 2.86. The highest BCUT2D eigenvalue weighted by Gasteiger charge is 2.19. The highest BCUT2D eigenvalue weighted by Crippen LogP contribution is 2.22. The predicted molar refractivity (Wildman–Crippen MR) is 66.6 cm³/mol. The van der Waals surface area contributed by atoms with E-state index >= 15 is 0 Å².